The van der Waals surface area contributed by atoms with E-state index >= 15 is 0 Å². The summed E-state index contributed by atoms with van der Waals surface area (Å²) in [4.78, 5) is 18.1. The molecule has 1 amide bonds. The van der Waals surface area contributed by atoms with Crippen LogP contribution in [0.25, 0.3) is 10.9 Å². The standard InChI is InChI=1S/C17H16F3N3O/c18-17(19,20)11-1-4-13-14(7-11)21-6-5-15(13)23-8-10(9-23)16(24)22-12-2-3-12/h1,4-7,10,12H,2-3,8-9H2,(H,22,24). The predicted molar refractivity (Wildman–Crippen MR) is 83.6 cm³/mol. The number of alkyl halides is 3. The Labute approximate surface area is 136 Å². The van der Waals surface area contributed by atoms with Crippen molar-refractivity contribution in [3.05, 3.63) is 36.0 Å². The van der Waals surface area contributed by atoms with Crippen LogP contribution in [-0.4, -0.2) is 30.0 Å². The molecule has 0 atom stereocenters. The third kappa shape index (κ3) is 2.79. The first-order chi connectivity index (χ1) is 11.4. The van der Waals surface area contributed by atoms with E-state index in [1.807, 2.05) is 4.90 Å². The largest absolute Gasteiger partial charge is 0.416 e. The molecule has 0 bridgehead atoms. The van der Waals surface area contributed by atoms with E-state index < -0.39 is 11.7 Å². The SMILES string of the molecule is O=C(NC1CC1)C1CN(c2ccnc3cc(C(F)(F)F)ccc23)C1. The number of anilines is 1. The van der Waals surface area contributed by atoms with Crippen LogP contribution < -0.4 is 10.2 Å². The maximum absolute atomic E-state index is 12.8. The van der Waals surface area contributed by atoms with Crippen LogP contribution in [0.1, 0.15) is 18.4 Å². The highest BCUT2D eigenvalue weighted by Gasteiger charge is 2.36. The Balaban J connectivity index is 1.54. The van der Waals surface area contributed by atoms with E-state index in [0.29, 0.717) is 30.0 Å². The van der Waals surface area contributed by atoms with Gasteiger partial charge in [-0.25, -0.2) is 0 Å². The number of rotatable bonds is 3. The summed E-state index contributed by atoms with van der Waals surface area (Å²) in [6.07, 6.45) is -0.762. The van der Waals surface area contributed by atoms with Crippen LogP contribution in [0.4, 0.5) is 18.9 Å². The maximum atomic E-state index is 12.8. The van der Waals surface area contributed by atoms with E-state index in [4.69, 9.17) is 0 Å². The third-order valence-corrected chi connectivity index (χ3v) is 4.56. The van der Waals surface area contributed by atoms with Crippen molar-refractivity contribution in [2.75, 3.05) is 18.0 Å². The molecule has 1 aromatic heterocycles. The van der Waals surface area contributed by atoms with E-state index in [2.05, 4.69) is 10.3 Å². The fourth-order valence-corrected chi connectivity index (χ4v) is 2.97. The fraction of sp³-hybridized carbons (Fsp3) is 0.412. The maximum Gasteiger partial charge on any atom is 0.416 e. The lowest BCUT2D eigenvalue weighted by Gasteiger charge is -2.40. The molecule has 1 aliphatic heterocycles. The minimum Gasteiger partial charge on any atom is -0.369 e. The summed E-state index contributed by atoms with van der Waals surface area (Å²) >= 11 is 0. The first-order valence-electron chi connectivity index (χ1n) is 7.93. The number of aromatic nitrogens is 1. The smallest absolute Gasteiger partial charge is 0.369 e. The number of carbonyl (C=O) groups is 1. The summed E-state index contributed by atoms with van der Waals surface area (Å²) in [7, 11) is 0. The molecule has 4 nitrogen and oxygen atoms in total. The quantitative estimate of drug-likeness (QED) is 0.938. The molecular weight excluding hydrogens is 319 g/mol. The molecule has 1 N–H and O–H groups in total. The van der Waals surface area contributed by atoms with Crippen LogP contribution >= 0.6 is 0 Å². The molecule has 24 heavy (non-hydrogen) atoms. The number of hydrogen-bond donors (Lipinski definition) is 1. The molecule has 0 unspecified atom stereocenters. The molecule has 1 aromatic carbocycles. The molecule has 126 valence electrons. The Morgan fingerprint density at radius 2 is 1.96 bits per heavy atom. The number of amides is 1. The minimum atomic E-state index is -4.38. The van der Waals surface area contributed by atoms with Crippen LogP contribution in [0, 0.1) is 5.92 Å². The zero-order chi connectivity index (χ0) is 16.9. The fourth-order valence-electron chi connectivity index (χ4n) is 2.97. The Bertz CT molecular complexity index is 795. The molecule has 7 heteroatoms. The summed E-state index contributed by atoms with van der Waals surface area (Å²) in [6.45, 7) is 1.16. The van der Waals surface area contributed by atoms with Crippen molar-refractivity contribution in [3.8, 4) is 0 Å². The number of pyridine rings is 1. The highest BCUT2D eigenvalue weighted by Crippen LogP contribution is 2.35. The van der Waals surface area contributed by atoms with Gasteiger partial charge in [-0.1, -0.05) is 6.07 Å². The van der Waals surface area contributed by atoms with Gasteiger partial charge >= 0.3 is 6.18 Å². The number of carbonyl (C=O) groups excluding carboxylic acids is 1. The van der Waals surface area contributed by atoms with Crippen molar-refractivity contribution in [1.82, 2.24) is 10.3 Å². The summed E-state index contributed by atoms with van der Waals surface area (Å²) in [5.74, 6) is 0.0229. The van der Waals surface area contributed by atoms with Gasteiger partial charge in [-0.05, 0) is 31.0 Å². The molecule has 2 aliphatic rings. The highest BCUT2D eigenvalue weighted by atomic mass is 19.4. The Hall–Kier alpha value is -2.31. The Morgan fingerprint density at radius 1 is 1.21 bits per heavy atom. The molecule has 0 spiro atoms. The highest BCUT2D eigenvalue weighted by molar-refractivity contribution is 5.93. The summed E-state index contributed by atoms with van der Waals surface area (Å²) in [5, 5.41) is 3.66. The second-order valence-electron chi connectivity index (χ2n) is 6.44. The van der Waals surface area contributed by atoms with Crippen molar-refractivity contribution in [2.45, 2.75) is 25.1 Å². The number of nitrogens with one attached hydrogen (secondary N) is 1. The molecular formula is C17H16F3N3O. The predicted octanol–water partition coefficient (Wildman–Crippen LogP) is 2.97. The number of hydrogen-bond acceptors (Lipinski definition) is 3. The van der Waals surface area contributed by atoms with Crippen LogP contribution in [0.5, 0.6) is 0 Å². The minimum absolute atomic E-state index is 0.0525. The van der Waals surface area contributed by atoms with Gasteiger partial charge < -0.3 is 10.2 Å². The zero-order valence-corrected chi connectivity index (χ0v) is 12.8. The van der Waals surface area contributed by atoms with Crippen LogP contribution in [-0.2, 0) is 11.0 Å². The Morgan fingerprint density at radius 3 is 2.62 bits per heavy atom. The molecule has 2 fully saturated rings. The van der Waals surface area contributed by atoms with Gasteiger partial charge in [0, 0.05) is 36.4 Å². The molecule has 2 aromatic rings. The number of benzene rings is 1. The average molecular weight is 335 g/mol. The van der Waals surface area contributed by atoms with Crippen molar-refractivity contribution < 1.29 is 18.0 Å². The van der Waals surface area contributed by atoms with Crippen LogP contribution in [0.2, 0.25) is 0 Å². The van der Waals surface area contributed by atoms with Crippen molar-refractivity contribution >= 4 is 22.5 Å². The van der Waals surface area contributed by atoms with Crippen molar-refractivity contribution in [1.29, 1.82) is 0 Å². The molecule has 1 saturated carbocycles. The molecule has 4 rings (SSSR count). The third-order valence-electron chi connectivity index (χ3n) is 4.56. The number of fused-ring (bicyclic) bond motifs is 1. The summed E-state index contributed by atoms with van der Waals surface area (Å²) in [5.41, 5.74) is 0.433. The summed E-state index contributed by atoms with van der Waals surface area (Å²) in [6, 6.07) is 5.72. The van der Waals surface area contributed by atoms with Gasteiger partial charge in [0.25, 0.3) is 0 Å². The lowest BCUT2D eigenvalue weighted by molar-refractivity contribution is -0.137. The lowest BCUT2D eigenvalue weighted by atomic mass is 9.97. The van der Waals surface area contributed by atoms with Gasteiger partial charge in [0.15, 0.2) is 0 Å². The monoisotopic (exact) mass is 335 g/mol. The van der Waals surface area contributed by atoms with Crippen LogP contribution in [0.15, 0.2) is 30.5 Å². The number of nitrogens with zero attached hydrogens (tertiary/aromatic N) is 2. The molecule has 1 aliphatic carbocycles. The van der Waals surface area contributed by atoms with Gasteiger partial charge in [-0.3, -0.25) is 9.78 Å². The second-order valence-corrected chi connectivity index (χ2v) is 6.44. The van der Waals surface area contributed by atoms with Gasteiger partial charge in [0.05, 0.1) is 17.0 Å². The van der Waals surface area contributed by atoms with Crippen LogP contribution in [0.3, 0.4) is 0 Å². The summed E-state index contributed by atoms with van der Waals surface area (Å²) < 4.78 is 38.5. The zero-order valence-electron chi connectivity index (χ0n) is 12.8. The average Bonchev–Trinajstić information content (AvgIpc) is 3.28. The second kappa shape index (κ2) is 5.36. The molecule has 0 radical (unpaired) electrons. The van der Waals surface area contributed by atoms with E-state index in [1.54, 1.807) is 6.07 Å². The van der Waals surface area contributed by atoms with Gasteiger partial charge in [0.1, 0.15) is 0 Å². The topological polar surface area (TPSA) is 45.2 Å². The van der Waals surface area contributed by atoms with Crippen molar-refractivity contribution in [3.63, 3.8) is 0 Å². The normalized spacial score (nSPS) is 18.5. The van der Waals surface area contributed by atoms with E-state index in [9.17, 15) is 18.0 Å². The molecule has 2 heterocycles. The first kappa shape index (κ1) is 15.2. The van der Waals surface area contributed by atoms with Gasteiger partial charge in [-0.2, -0.15) is 13.2 Å². The van der Waals surface area contributed by atoms with E-state index in [1.165, 1.54) is 12.3 Å². The lowest BCUT2D eigenvalue weighted by Crippen LogP contribution is -2.54. The molecule has 1 saturated heterocycles. The van der Waals surface area contributed by atoms with Gasteiger partial charge in [0.2, 0.25) is 5.91 Å². The van der Waals surface area contributed by atoms with E-state index in [0.717, 1.165) is 30.7 Å². The van der Waals surface area contributed by atoms with E-state index in [-0.39, 0.29) is 11.8 Å². The Kier molecular flexibility index (Phi) is 3.40. The number of halogens is 3. The first-order valence-corrected chi connectivity index (χ1v) is 7.93. The van der Waals surface area contributed by atoms with Gasteiger partial charge in [-0.15, -0.1) is 0 Å². The van der Waals surface area contributed by atoms with Crippen molar-refractivity contribution in [2.24, 2.45) is 5.92 Å².